The average molecular weight is 358 g/mol. The number of ketones is 1. The van der Waals surface area contributed by atoms with Gasteiger partial charge in [-0.1, -0.05) is 11.6 Å². The van der Waals surface area contributed by atoms with Gasteiger partial charge in [-0.15, -0.1) is 0 Å². The van der Waals surface area contributed by atoms with Crippen molar-refractivity contribution >= 4 is 45.0 Å². The fourth-order valence-corrected chi connectivity index (χ4v) is 2.95. The summed E-state index contributed by atoms with van der Waals surface area (Å²) in [6.45, 7) is 0. The minimum absolute atomic E-state index is 0.248. The molecule has 4 nitrogen and oxygen atoms in total. The monoisotopic (exact) mass is 357 g/mol. The van der Waals surface area contributed by atoms with E-state index >= 15 is 0 Å². The Morgan fingerprint density at radius 2 is 1.92 bits per heavy atom. The number of fused-ring (bicyclic) bond motifs is 3. The number of pyridine rings is 1. The number of hydrogen-bond acceptors (Lipinski definition) is 3. The molecule has 0 aliphatic heterocycles. The van der Waals surface area contributed by atoms with E-state index in [4.69, 9.17) is 17.3 Å². The molecule has 0 spiro atoms. The molecule has 124 valence electrons. The minimum Gasteiger partial charge on any atom is -0.394 e. The predicted molar refractivity (Wildman–Crippen MR) is 92.8 cm³/mol. The number of nitrogens with two attached hydrogens (primary N) is 1. The second-order valence-corrected chi connectivity index (χ2v) is 6.02. The first-order chi connectivity index (χ1) is 12.0. The third-order valence-electron chi connectivity index (χ3n) is 4.05. The minimum atomic E-state index is -1.06. The molecule has 2 heterocycles. The van der Waals surface area contributed by atoms with E-state index in [0.717, 1.165) is 28.4 Å². The Hall–Kier alpha value is -2.99. The van der Waals surface area contributed by atoms with Gasteiger partial charge >= 0.3 is 0 Å². The number of nitrogen functional groups attached to an aromatic ring is 1. The fraction of sp³-hybridized carbons (Fsp3) is 0. The van der Waals surface area contributed by atoms with Crippen molar-refractivity contribution in [2.45, 2.75) is 0 Å². The average Bonchev–Trinajstić information content (AvgIpc) is 2.96. The summed E-state index contributed by atoms with van der Waals surface area (Å²) in [6, 6.07) is 8.66. The molecular weight excluding hydrogens is 348 g/mol. The lowest BCUT2D eigenvalue weighted by molar-refractivity contribution is 0.103. The molecule has 0 saturated carbocycles. The second-order valence-electron chi connectivity index (χ2n) is 5.59. The van der Waals surface area contributed by atoms with Gasteiger partial charge in [0.05, 0.1) is 10.6 Å². The zero-order valence-corrected chi connectivity index (χ0v) is 13.4. The van der Waals surface area contributed by atoms with Crippen molar-refractivity contribution in [2.75, 3.05) is 5.73 Å². The van der Waals surface area contributed by atoms with Gasteiger partial charge in [0.1, 0.15) is 17.2 Å². The maximum Gasteiger partial charge on any atom is 0.196 e. The van der Waals surface area contributed by atoms with Crippen LogP contribution < -0.4 is 5.73 Å². The van der Waals surface area contributed by atoms with Gasteiger partial charge < -0.3 is 10.7 Å². The van der Waals surface area contributed by atoms with Crippen LogP contribution in [0.2, 0.25) is 5.02 Å². The van der Waals surface area contributed by atoms with Crippen molar-refractivity contribution in [2.24, 2.45) is 0 Å². The molecule has 7 heteroatoms. The molecule has 2 aromatic heterocycles. The SMILES string of the molecule is Nc1c(F)ccc(C(=O)c2ccc3[nH]c4ncc(Cl)cc4c3c2)c1F. The molecule has 4 aromatic rings. The highest BCUT2D eigenvalue weighted by molar-refractivity contribution is 6.31. The van der Waals surface area contributed by atoms with Gasteiger partial charge in [-0.05, 0) is 36.4 Å². The van der Waals surface area contributed by atoms with Crippen LogP contribution in [-0.4, -0.2) is 15.8 Å². The van der Waals surface area contributed by atoms with E-state index in [0.29, 0.717) is 10.7 Å². The number of H-pyrrole nitrogens is 1. The summed E-state index contributed by atoms with van der Waals surface area (Å²) in [4.78, 5) is 19.9. The molecule has 0 fully saturated rings. The molecule has 0 aliphatic rings. The van der Waals surface area contributed by atoms with Crippen LogP contribution in [0.3, 0.4) is 0 Å². The number of carbonyl (C=O) groups excluding carboxylic acids is 1. The molecule has 0 aliphatic carbocycles. The standard InChI is InChI=1S/C18H10ClF2N3O/c19-9-6-12-11-5-8(1-4-14(11)24-18(12)23-7-9)17(25)10-2-3-13(20)16(22)15(10)21/h1-7H,22H2,(H,23,24). The zero-order chi connectivity index (χ0) is 17.7. The van der Waals surface area contributed by atoms with Crippen LogP contribution in [-0.2, 0) is 0 Å². The van der Waals surface area contributed by atoms with Gasteiger partial charge in [-0.25, -0.2) is 13.8 Å². The Bertz CT molecular complexity index is 1170. The van der Waals surface area contributed by atoms with Crippen molar-refractivity contribution in [3.05, 3.63) is 70.4 Å². The molecular formula is C18H10ClF2N3O. The molecule has 0 radical (unpaired) electrons. The topological polar surface area (TPSA) is 71.8 Å². The first-order valence-corrected chi connectivity index (χ1v) is 7.68. The van der Waals surface area contributed by atoms with Crippen LogP contribution in [0.1, 0.15) is 15.9 Å². The number of aromatic amines is 1. The molecule has 0 atom stereocenters. The van der Waals surface area contributed by atoms with Crippen LogP contribution in [0.4, 0.5) is 14.5 Å². The largest absolute Gasteiger partial charge is 0.394 e. The number of rotatable bonds is 2. The highest BCUT2D eigenvalue weighted by Crippen LogP contribution is 2.28. The van der Waals surface area contributed by atoms with Gasteiger partial charge in [-0.2, -0.15) is 0 Å². The van der Waals surface area contributed by atoms with Crippen LogP contribution in [0, 0.1) is 11.6 Å². The Labute approximate surface area is 145 Å². The van der Waals surface area contributed by atoms with Crippen molar-refractivity contribution in [1.29, 1.82) is 0 Å². The smallest absolute Gasteiger partial charge is 0.196 e. The number of nitrogens with zero attached hydrogens (tertiary/aromatic N) is 1. The van der Waals surface area contributed by atoms with Gasteiger partial charge in [0.15, 0.2) is 11.6 Å². The number of aromatic nitrogens is 2. The lowest BCUT2D eigenvalue weighted by Gasteiger charge is -2.06. The van der Waals surface area contributed by atoms with Gasteiger partial charge in [0, 0.05) is 28.0 Å². The molecule has 2 aromatic carbocycles. The normalized spacial score (nSPS) is 11.3. The maximum atomic E-state index is 14.1. The number of benzene rings is 2. The van der Waals surface area contributed by atoms with Crippen LogP contribution in [0.25, 0.3) is 21.9 Å². The van der Waals surface area contributed by atoms with E-state index in [2.05, 4.69) is 9.97 Å². The van der Waals surface area contributed by atoms with E-state index in [9.17, 15) is 13.6 Å². The van der Waals surface area contributed by atoms with Crippen molar-refractivity contribution < 1.29 is 13.6 Å². The molecule has 3 N–H and O–H groups in total. The quantitative estimate of drug-likeness (QED) is 0.411. The van der Waals surface area contributed by atoms with Crippen molar-refractivity contribution in [1.82, 2.24) is 9.97 Å². The first kappa shape index (κ1) is 15.5. The molecule has 4 rings (SSSR count). The molecule has 0 unspecified atom stereocenters. The Kier molecular flexibility index (Phi) is 3.43. The van der Waals surface area contributed by atoms with Crippen LogP contribution in [0.5, 0.6) is 0 Å². The summed E-state index contributed by atoms with van der Waals surface area (Å²) in [5.41, 5.74) is 6.02. The maximum absolute atomic E-state index is 14.1. The fourth-order valence-electron chi connectivity index (χ4n) is 2.79. The summed E-state index contributed by atoms with van der Waals surface area (Å²) in [7, 11) is 0. The highest BCUT2D eigenvalue weighted by Gasteiger charge is 2.19. The van der Waals surface area contributed by atoms with E-state index in [1.54, 1.807) is 24.3 Å². The summed E-state index contributed by atoms with van der Waals surface area (Å²) in [5, 5.41) is 1.94. The lowest BCUT2D eigenvalue weighted by Crippen LogP contribution is -2.07. The zero-order valence-electron chi connectivity index (χ0n) is 12.6. The van der Waals surface area contributed by atoms with E-state index in [1.165, 1.54) is 6.20 Å². The highest BCUT2D eigenvalue weighted by atomic mass is 35.5. The van der Waals surface area contributed by atoms with Crippen LogP contribution >= 0.6 is 11.6 Å². The van der Waals surface area contributed by atoms with Gasteiger partial charge in [0.2, 0.25) is 0 Å². The Morgan fingerprint density at radius 1 is 1.12 bits per heavy atom. The number of halogens is 3. The number of anilines is 1. The third kappa shape index (κ3) is 2.42. The second kappa shape index (κ2) is 5.53. The van der Waals surface area contributed by atoms with Gasteiger partial charge in [-0.3, -0.25) is 4.79 Å². The predicted octanol–water partition coefficient (Wildman–Crippen LogP) is 4.46. The van der Waals surface area contributed by atoms with E-state index < -0.39 is 23.1 Å². The first-order valence-electron chi connectivity index (χ1n) is 7.31. The van der Waals surface area contributed by atoms with Crippen LogP contribution in [0.15, 0.2) is 42.6 Å². The number of hydrogen-bond donors (Lipinski definition) is 2. The molecule has 0 bridgehead atoms. The summed E-state index contributed by atoms with van der Waals surface area (Å²) in [5.74, 6) is -2.55. The Balaban J connectivity index is 1.89. The lowest BCUT2D eigenvalue weighted by atomic mass is 10.00. The van der Waals surface area contributed by atoms with Gasteiger partial charge in [0.25, 0.3) is 0 Å². The number of carbonyl (C=O) groups is 1. The number of nitrogens with one attached hydrogen (secondary N) is 1. The molecule has 25 heavy (non-hydrogen) atoms. The Morgan fingerprint density at radius 3 is 2.72 bits per heavy atom. The molecule has 0 saturated heterocycles. The van der Waals surface area contributed by atoms with Crippen molar-refractivity contribution in [3.8, 4) is 0 Å². The van der Waals surface area contributed by atoms with Crippen molar-refractivity contribution in [3.63, 3.8) is 0 Å². The van der Waals surface area contributed by atoms with E-state index in [1.807, 2.05) is 0 Å². The summed E-state index contributed by atoms with van der Waals surface area (Å²) < 4.78 is 27.4. The van der Waals surface area contributed by atoms with E-state index in [-0.39, 0.29) is 11.1 Å². The summed E-state index contributed by atoms with van der Waals surface area (Å²) in [6.07, 6.45) is 1.52. The summed E-state index contributed by atoms with van der Waals surface area (Å²) >= 11 is 5.98. The third-order valence-corrected chi connectivity index (χ3v) is 4.26. The molecule has 0 amide bonds.